The monoisotopic (exact) mass is 298 g/mol. The lowest BCUT2D eigenvalue weighted by Gasteiger charge is -2.38. The van der Waals surface area contributed by atoms with Crippen molar-refractivity contribution in [1.29, 1.82) is 0 Å². The Morgan fingerprint density at radius 2 is 2.35 bits per heavy atom. The number of aliphatic carboxylic acids is 1. The molecule has 0 saturated carbocycles. The molecule has 110 valence electrons. The molecule has 0 spiro atoms. The molecule has 7 heteroatoms. The number of carbonyl (C=O) groups is 2. The Hall–Kier alpha value is -1.44. The summed E-state index contributed by atoms with van der Waals surface area (Å²) in [7, 11) is 0. The summed E-state index contributed by atoms with van der Waals surface area (Å²) in [5.74, 6) is -1.24. The highest BCUT2D eigenvalue weighted by molar-refractivity contribution is 7.10. The lowest BCUT2D eigenvalue weighted by molar-refractivity contribution is -0.139. The molecule has 2 heterocycles. The molecule has 0 bridgehead atoms. The van der Waals surface area contributed by atoms with Crippen LogP contribution in [0.4, 0.5) is 0 Å². The minimum Gasteiger partial charge on any atom is -0.481 e. The van der Waals surface area contributed by atoms with Gasteiger partial charge in [0.15, 0.2) is 0 Å². The number of thiophene rings is 1. The zero-order valence-electron chi connectivity index (χ0n) is 11.2. The van der Waals surface area contributed by atoms with Gasteiger partial charge in [-0.25, -0.2) is 0 Å². The third kappa shape index (κ3) is 4.03. The Morgan fingerprint density at radius 3 is 2.85 bits per heavy atom. The summed E-state index contributed by atoms with van der Waals surface area (Å²) in [5, 5.41) is 16.6. The summed E-state index contributed by atoms with van der Waals surface area (Å²) in [5.41, 5.74) is -0.289. The number of ether oxygens (including phenoxy) is 1. The van der Waals surface area contributed by atoms with Crippen molar-refractivity contribution >= 4 is 23.2 Å². The second-order valence-corrected chi connectivity index (χ2v) is 6.05. The Bertz CT molecular complexity index is 471. The van der Waals surface area contributed by atoms with E-state index >= 15 is 0 Å². The SMILES string of the molecule is CC1(OCC(=O)NC(CC(=O)O)c2cccs2)CNC1. The van der Waals surface area contributed by atoms with Gasteiger partial charge in [0.05, 0.1) is 18.1 Å². The van der Waals surface area contributed by atoms with Gasteiger partial charge in [-0.2, -0.15) is 0 Å². The van der Waals surface area contributed by atoms with E-state index in [1.165, 1.54) is 11.3 Å². The van der Waals surface area contributed by atoms with E-state index in [0.29, 0.717) is 0 Å². The van der Waals surface area contributed by atoms with Crippen LogP contribution in [0.15, 0.2) is 17.5 Å². The molecular weight excluding hydrogens is 280 g/mol. The van der Waals surface area contributed by atoms with Crippen molar-refractivity contribution in [3.63, 3.8) is 0 Å². The van der Waals surface area contributed by atoms with Crippen molar-refractivity contribution < 1.29 is 19.4 Å². The molecule has 1 aromatic heterocycles. The molecule has 1 aliphatic heterocycles. The Kier molecular flexibility index (Phi) is 4.74. The van der Waals surface area contributed by atoms with Gasteiger partial charge in [-0.05, 0) is 18.4 Å². The summed E-state index contributed by atoms with van der Waals surface area (Å²) in [6.07, 6.45) is -0.134. The standard InChI is InChI=1S/C13H18N2O4S/c1-13(7-14-8-13)19-6-11(16)15-9(5-12(17)18)10-3-2-4-20-10/h2-4,9,14H,5-8H2,1H3,(H,15,16)(H,17,18). The van der Waals surface area contributed by atoms with Crippen LogP contribution in [0.25, 0.3) is 0 Å². The van der Waals surface area contributed by atoms with Crippen LogP contribution < -0.4 is 10.6 Å². The summed E-state index contributed by atoms with van der Waals surface area (Å²) < 4.78 is 5.53. The molecule has 20 heavy (non-hydrogen) atoms. The Balaban J connectivity index is 1.86. The predicted molar refractivity (Wildman–Crippen MR) is 74.7 cm³/mol. The highest BCUT2D eigenvalue weighted by Gasteiger charge is 2.33. The maximum Gasteiger partial charge on any atom is 0.305 e. The number of carboxylic acid groups (broad SMARTS) is 1. The van der Waals surface area contributed by atoms with Crippen molar-refractivity contribution in [2.45, 2.75) is 25.0 Å². The highest BCUT2D eigenvalue weighted by atomic mass is 32.1. The van der Waals surface area contributed by atoms with Crippen molar-refractivity contribution in [1.82, 2.24) is 10.6 Å². The van der Waals surface area contributed by atoms with Gasteiger partial charge >= 0.3 is 5.97 Å². The van der Waals surface area contributed by atoms with Crippen molar-refractivity contribution in [2.24, 2.45) is 0 Å². The van der Waals surface area contributed by atoms with Gasteiger partial charge in [0.2, 0.25) is 5.91 Å². The normalized spacial score (nSPS) is 18.1. The first kappa shape index (κ1) is 15.0. The molecule has 1 amide bonds. The fraction of sp³-hybridized carbons (Fsp3) is 0.538. The molecule has 1 aliphatic rings. The molecule has 1 saturated heterocycles. The van der Waals surface area contributed by atoms with Gasteiger partial charge in [0.25, 0.3) is 0 Å². The largest absolute Gasteiger partial charge is 0.481 e. The van der Waals surface area contributed by atoms with E-state index in [2.05, 4.69) is 10.6 Å². The molecule has 1 aromatic rings. The summed E-state index contributed by atoms with van der Waals surface area (Å²) in [4.78, 5) is 23.6. The van der Waals surface area contributed by atoms with E-state index in [0.717, 1.165) is 18.0 Å². The third-order valence-corrected chi connectivity index (χ3v) is 4.14. The van der Waals surface area contributed by atoms with Crippen molar-refractivity contribution in [3.05, 3.63) is 22.4 Å². The molecule has 1 fully saturated rings. The van der Waals surface area contributed by atoms with E-state index in [1.807, 2.05) is 24.4 Å². The molecule has 0 aromatic carbocycles. The fourth-order valence-electron chi connectivity index (χ4n) is 1.94. The lowest BCUT2D eigenvalue weighted by Crippen LogP contribution is -2.59. The van der Waals surface area contributed by atoms with E-state index in [1.54, 1.807) is 0 Å². The number of amides is 1. The van der Waals surface area contributed by atoms with E-state index in [-0.39, 0.29) is 24.5 Å². The minimum atomic E-state index is -0.945. The quantitative estimate of drug-likeness (QED) is 0.692. The molecule has 6 nitrogen and oxygen atoms in total. The molecule has 1 unspecified atom stereocenters. The smallest absolute Gasteiger partial charge is 0.305 e. The number of nitrogens with one attached hydrogen (secondary N) is 2. The van der Waals surface area contributed by atoms with Gasteiger partial charge in [0, 0.05) is 18.0 Å². The first-order valence-corrected chi connectivity index (χ1v) is 7.26. The zero-order valence-corrected chi connectivity index (χ0v) is 12.0. The summed E-state index contributed by atoms with van der Waals surface area (Å²) in [6.45, 7) is 3.33. The van der Waals surface area contributed by atoms with E-state index < -0.39 is 12.0 Å². The van der Waals surface area contributed by atoms with Gasteiger partial charge in [-0.3, -0.25) is 9.59 Å². The first-order valence-electron chi connectivity index (χ1n) is 6.38. The first-order chi connectivity index (χ1) is 9.48. The van der Waals surface area contributed by atoms with Crippen LogP contribution in [-0.4, -0.2) is 42.3 Å². The number of rotatable bonds is 7. The topological polar surface area (TPSA) is 87.7 Å². The van der Waals surface area contributed by atoms with Crippen LogP contribution in [0.1, 0.15) is 24.3 Å². The zero-order chi connectivity index (χ0) is 14.6. The second kappa shape index (κ2) is 6.34. The van der Waals surface area contributed by atoms with Crippen molar-refractivity contribution in [2.75, 3.05) is 19.7 Å². The van der Waals surface area contributed by atoms with E-state index in [4.69, 9.17) is 9.84 Å². The lowest BCUT2D eigenvalue weighted by atomic mass is 10.0. The Labute approximate surface area is 121 Å². The summed E-state index contributed by atoms with van der Waals surface area (Å²) >= 11 is 1.43. The van der Waals surface area contributed by atoms with Crippen LogP contribution in [-0.2, 0) is 14.3 Å². The van der Waals surface area contributed by atoms with Crippen LogP contribution in [0.3, 0.4) is 0 Å². The third-order valence-electron chi connectivity index (χ3n) is 3.15. The molecular formula is C13H18N2O4S. The number of carbonyl (C=O) groups excluding carboxylic acids is 1. The highest BCUT2D eigenvalue weighted by Crippen LogP contribution is 2.22. The van der Waals surface area contributed by atoms with Gasteiger partial charge in [-0.15, -0.1) is 11.3 Å². The maximum atomic E-state index is 11.9. The Morgan fingerprint density at radius 1 is 1.60 bits per heavy atom. The summed E-state index contributed by atoms with van der Waals surface area (Å²) in [6, 6.07) is 3.14. The molecule has 1 atom stereocenters. The second-order valence-electron chi connectivity index (χ2n) is 5.08. The van der Waals surface area contributed by atoms with Crippen LogP contribution in [0.5, 0.6) is 0 Å². The fourth-order valence-corrected chi connectivity index (χ4v) is 2.72. The minimum absolute atomic E-state index is 0.0559. The molecule has 2 rings (SSSR count). The van der Waals surface area contributed by atoms with Crippen molar-refractivity contribution in [3.8, 4) is 0 Å². The predicted octanol–water partition coefficient (Wildman–Crippen LogP) is 0.759. The average molecular weight is 298 g/mol. The van der Waals surface area contributed by atoms with Gasteiger partial charge < -0.3 is 20.5 Å². The maximum absolute atomic E-state index is 11.9. The molecule has 3 N–H and O–H groups in total. The van der Waals surface area contributed by atoms with Gasteiger partial charge in [0.1, 0.15) is 6.61 Å². The number of carboxylic acids is 1. The molecule has 0 aliphatic carbocycles. The van der Waals surface area contributed by atoms with Crippen LogP contribution >= 0.6 is 11.3 Å². The van der Waals surface area contributed by atoms with Gasteiger partial charge in [-0.1, -0.05) is 6.07 Å². The molecule has 0 radical (unpaired) electrons. The van der Waals surface area contributed by atoms with Crippen LogP contribution in [0, 0.1) is 0 Å². The average Bonchev–Trinajstić information content (AvgIpc) is 2.86. The van der Waals surface area contributed by atoms with E-state index in [9.17, 15) is 9.59 Å². The van der Waals surface area contributed by atoms with Crippen LogP contribution in [0.2, 0.25) is 0 Å². The number of hydrogen-bond acceptors (Lipinski definition) is 5. The number of hydrogen-bond donors (Lipinski definition) is 3.